The van der Waals surface area contributed by atoms with Crippen LogP contribution in [0.4, 0.5) is 5.69 Å². The zero-order chi connectivity index (χ0) is 21.2. The lowest BCUT2D eigenvalue weighted by atomic mass is 10.1. The van der Waals surface area contributed by atoms with Gasteiger partial charge in [-0.25, -0.2) is 0 Å². The van der Waals surface area contributed by atoms with E-state index in [1.165, 1.54) is 11.6 Å². The van der Waals surface area contributed by atoms with Gasteiger partial charge in [-0.05, 0) is 54.8 Å². The SMILES string of the molecule is C=CCOc1cc(Br)c(/C=C(\C#N)C(=O)Nc2ccc(CC)cc2)cc1OCC. The maximum absolute atomic E-state index is 12.5. The number of nitriles is 1. The highest BCUT2D eigenvalue weighted by Gasteiger charge is 2.14. The van der Waals surface area contributed by atoms with E-state index in [4.69, 9.17) is 9.47 Å². The van der Waals surface area contributed by atoms with Crippen LogP contribution in [-0.2, 0) is 11.2 Å². The van der Waals surface area contributed by atoms with Gasteiger partial charge >= 0.3 is 0 Å². The first-order valence-corrected chi connectivity index (χ1v) is 10.0. The van der Waals surface area contributed by atoms with E-state index >= 15 is 0 Å². The summed E-state index contributed by atoms with van der Waals surface area (Å²) in [4.78, 5) is 12.5. The molecule has 0 radical (unpaired) electrons. The van der Waals surface area contributed by atoms with Crippen molar-refractivity contribution in [3.63, 3.8) is 0 Å². The molecule has 150 valence electrons. The third-order valence-electron chi connectivity index (χ3n) is 4.00. The van der Waals surface area contributed by atoms with Crippen LogP contribution < -0.4 is 14.8 Å². The smallest absolute Gasteiger partial charge is 0.266 e. The first-order chi connectivity index (χ1) is 14.0. The van der Waals surface area contributed by atoms with Crippen LogP contribution in [-0.4, -0.2) is 19.1 Å². The predicted molar refractivity (Wildman–Crippen MR) is 119 cm³/mol. The number of hydrogen-bond donors (Lipinski definition) is 1. The molecular formula is C23H23BrN2O3. The van der Waals surface area contributed by atoms with Gasteiger partial charge in [0.25, 0.3) is 5.91 Å². The van der Waals surface area contributed by atoms with Crippen LogP contribution in [0.1, 0.15) is 25.0 Å². The molecular weight excluding hydrogens is 432 g/mol. The van der Waals surface area contributed by atoms with E-state index in [2.05, 4.69) is 34.7 Å². The maximum atomic E-state index is 12.5. The molecule has 2 aromatic rings. The minimum atomic E-state index is -0.478. The summed E-state index contributed by atoms with van der Waals surface area (Å²) in [5.41, 5.74) is 2.42. The Bertz CT molecular complexity index is 944. The summed E-state index contributed by atoms with van der Waals surface area (Å²) in [6.07, 6.45) is 4.07. The second-order valence-electron chi connectivity index (χ2n) is 6.03. The highest BCUT2D eigenvalue weighted by atomic mass is 79.9. The molecule has 0 unspecified atom stereocenters. The molecule has 0 aliphatic heterocycles. The summed E-state index contributed by atoms with van der Waals surface area (Å²) in [5.74, 6) is 0.597. The van der Waals surface area contributed by atoms with Crippen molar-refractivity contribution in [1.82, 2.24) is 0 Å². The number of rotatable bonds is 9. The molecule has 0 heterocycles. The second-order valence-corrected chi connectivity index (χ2v) is 6.88. The molecule has 2 aromatic carbocycles. The molecule has 0 aliphatic carbocycles. The lowest BCUT2D eigenvalue weighted by Crippen LogP contribution is -2.13. The highest BCUT2D eigenvalue weighted by molar-refractivity contribution is 9.10. The number of nitrogens with zero attached hydrogens (tertiary/aromatic N) is 1. The molecule has 1 amide bonds. The molecule has 2 rings (SSSR count). The van der Waals surface area contributed by atoms with Crippen molar-refractivity contribution >= 4 is 33.6 Å². The number of aryl methyl sites for hydroxylation is 1. The molecule has 0 saturated carbocycles. The van der Waals surface area contributed by atoms with Crippen molar-refractivity contribution in [3.05, 3.63) is 70.2 Å². The van der Waals surface area contributed by atoms with Crippen LogP contribution in [0, 0.1) is 11.3 Å². The van der Waals surface area contributed by atoms with Gasteiger partial charge in [-0.1, -0.05) is 47.6 Å². The third kappa shape index (κ3) is 6.23. The van der Waals surface area contributed by atoms with Gasteiger partial charge in [0.1, 0.15) is 18.2 Å². The molecule has 0 spiro atoms. The van der Waals surface area contributed by atoms with Crippen molar-refractivity contribution in [1.29, 1.82) is 5.26 Å². The Balaban J connectivity index is 2.30. The van der Waals surface area contributed by atoms with E-state index in [9.17, 15) is 10.1 Å². The van der Waals surface area contributed by atoms with E-state index in [1.807, 2.05) is 37.3 Å². The average Bonchev–Trinajstić information content (AvgIpc) is 2.73. The van der Waals surface area contributed by atoms with Crippen LogP contribution in [0.5, 0.6) is 11.5 Å². The molecule has 0 saturated heterocycles. The predicted octanol–water partition coefficient (Wildman–Crippen LogP) is 5.52. The summed E-state index contributed by atoms with van der Waals surface area (Å²) in [5, 5.41) is 12.2. The van der Waals surface area contributed by atoms with Crippen LogP contribution in [0.25, 0.3) is 6.08 Å². The molecule has 1 N–H and O–H groups in total. The topological polar surface area (TPSA) is 71.3 Å². The second kappa shape index (κ2) is 11.1. The number of hydrogen-bond acceptors (Lipinski definition) is 4. The lowest BCUT2D eigenvalue weighted by molar-refractivity contribution is -0.112. The molecule has 0 bridgehead atoms. The van der Waals surface area contributed by atoms with Gasteiger partial charge in [0, 0.05) is 10.2 Å². The van der Waals surface area contributed by atoms with Gasteiger partial charge in [0.15, 0.2) is 11.5 Å². The zero-order valence-corrected chi connectivity index (χ0v) is 18.1. The van der Waals surface area contributed by atoms with E-state index < -0.39 is 5.91 Å². The first-order valence-electron chi connectivity index (χ1n) is 9.24. The first kappa shape index (κ1) is 22.3. The largest absolute Gasteiger partial charge is 0.490 e. The summed E-state index contributed by atoms with van der Waals surface area (Å²) in [6, 6.07) is 13.0. The van der Waals surface area contributed by atoms with E-state index in [1.54, 1.807) is 18.2 Å². The lowest BCUT2D eigenvalue weighted by Gasteiger charge is -2.13. The van der Waals surface area contributed by atoms with Gasteiger partial charge in [0.2, 0.25) is 0 Å². The fourth-order valence-corrected chi connectivity index (χ4v) is 2.95. The number of carbonyl (C=O) groups is 1. The fraction of sp³-hybridized carbons (Fsp3) is 0.217. The molecule has 0 aliphatic rings. The number of carbonyl (C=O) groups excluding carboxylic acids is 1. The standard InChI is InChI=1S/C23H23BrN2O3/c1-4-11-29-22-14-20(24)17(13-21(22)28-6-3)12-18(15-25)23(27)26-19-9-7-16(5-2)8-10-19/h4,7-10,12-14H,1,5-6,11H2,2-3H3,(H,26,27)/b18-12+. The summed E-state index contributed by atoms with van der Waals surface area (Å²) >= 11 is 3.47. The van der Waals surface area contributed by atoms with Crippen molar-refractivity contribution in [2.75, 3.05) is 18.5 Å². The molecule has 0 fully saturated rings. The van der Waals surface area contributed by atoms with E-state index in [-0.39, 0.29) is 5.57 Å². The fourth-order valence-electron chi connectivity index (χ4n) is 2.52. The minimum Gasteiger partial charge on any atom is -0.490 e. The van der Waals surface area contributed by atoms with Crippen LogP contribution in [0.2, 0.25) is 0 Å². The Morgan fingerprint density at radius 3 is 2.48 bits per heavy atom. The number of anilines is 1. The number of nitrogens with one attached hydrogen (secondary N) is 1. The van der Waals surface area contributed by atoms with E-state index in [0.29, 0.717) is 40.4 Å². The zero-order valence-electron chi connectivity index (χ0n) is 16.5. The molecule has 29 heavy (non-hydrogen) atoms. The number of benzene rings is 2. The summed E-state index contributed by atoms with van der Waals surface area (Å²) in [7, 11) is 0. The van der Waals surface area contributed by atoms with E-state index in [0.717, 1.165) is 6.42 Å². The van der Waals surface area contributed by atoms with Crippen LogP contribution in [0.3, 0.4) is 0 Å². The maximum Gasteiger partial charge on any atom is 0.266 e. The molecule has 5 nitrogen and oxygen atoms in total. The van der Waals surface area contributed by atoms with Gasteiger partial charge in [-0.15, -0.1) is 0 Å². The van der Waals surface area contributed by atoms with Crippen molar-refractivity contribution in [3.8, 4) is 17.6 Å². The van der Waals surface area contributed by atoms with Gasteiger partial charge in [-0.3, -0.25) is 4.79 Å². The number of ether oxygens (including phenoxy) is 2. The summed E-state index contributed by atoms with van der Waals surface area (Å²) < 4.78 is 11.9. The van der Waals surface area contributed by atoms with Crippen molar-refractivity contribution < 1.29 is 14.3 Å². The van der Waals surface area contributed by atoms with Gasteiger partial charge < -0.3 is 14.8 Å². The average molecular weight is 455 g/mol. The number of amides is 1. The van der Waals surface area contributed by atoms with Gasteiger partial charge in [-0.2, -0.15) is 5.26 Å². The van der Waals surface area contributed by atoms with Crippen LogP contribution >= 0.6 is 15.9 Å². The number of halogens is 1. The Morgan fingerprint density at radius 1 is 1.21 bits per heavy atom. The monoisotopic (exact) mass is 454 g/mol. The molecule has 6 heteroatoms. The van der Waals surface area contributed by atoms with Crippen molar-refractivity contribution in [2.24, 2.45) is 0 Å². The Labute approximate surface area is 179 Å². The normalized spacial score (nSPS) is 10.8. The summed E-state index contributed by atoms with van der Waals surface area (Å²) in [6.45, 7) is 8.36. The van der Waals surface area contributed by atoms with Gasteiger partial charge in [0.05, 0.1) is 6.61 Å². The molecule has 0 aromatic heterocycles. The Kier molecular flexibility index (Phi) is 8.50. The molecule has 0 atom stereocenters. The van der Waals surface area contributed by atoms with Crippen LogP contribution in [0.15, 0.2) is 59.1 Å². The Morgan fingerprint density at radius 2 is 1.90 bits per heavy atom. The minimum absolute atomic E-state index is 0.0209. The Hall–Kier alpha value is -3.04. The third-order valence-corrected chi connectivity index (χ3v) is 4.69. The quantitative estimate of drug-likeness (QED) is 0.307. The van der Waals surface area contributed by atoms with Crippen molar-refractivity contribution in [2.45, 2.75) is 20.3 Å². The highest BCUT2D eigenvalue weighted by Crippen LogP contribution is 2.35.